The number of aliphatic hydroxyl groups is 1. The van der Waals surface area contributed by atoms with E-state index in [0.29, 0.717) is 4.31 Å². The lowest BCUT2D eigenvalue weighted by Gasteiger charge is -2.21. The maximum atomic E-state index is 12.4. The van der Waals surface area contributed by atoms with Crippen molar-refractivity contribution >= 4 is 31.9 Å². The third-order valence-corrected chi connectivity index (χ3v) is 5.05. The second kappa shape index (κ2) is 7.25. The second-order valence-corrected chi connectivity index (χ2v) is 6.72. The largest absolute Gasteiger partial charge is 0.478 e. The van der Waals surface area contributed by atoms with E-state index in [1.54, 1.807) is 0 Å². The van der Waals surface area contributed by atoms with Gasteiger partial charge in [0, 0.05) is 11.0 Å². The number of hydrogen-bond acceptors (Lipinski definition) is 4. The Morgan fingerprint density at radius 3 is 2.48 bits per heavy atom. The first kappa shape index (κ1) is 18.0. The summed E-state index contributed by atoms with van der Waals surface area (Å²) in [5.74, 6) is -1.36. The standard InChI is InChI=1S/C11H12BrF2NO5S/c12-9-2-1-7(5-8(9)11(17)18)21(19,20)15(3-4-16)6-10(13)14/h1-2,5,10,16H,3-4,6H2,(H,17,18). The average molecular weight is 388 g/mol. The molecule has 0 aliphatic carbocycles. The van der Waals surface area contributed by atoms with Gasteiger partial charge >= 0.3 is 5.97 Å². The minimum atomic E-state index is -4.32. The van der Waals surface area contributed by atoms with Gasteiger partial charge in [0.25, 0.3) is 6.43 Å². The van der Waals surface area contributed by atoms with E-state index in [9.17, 15) is 22.0 Å². The van der Waals surface area contributed by atoms with Crippen molar-refractivity contribution in [2.45, 2.75) is 11.3 Å². The van der Waals surface area contributed by atoms with Crippen LogP contribution in [0.3, 0.4) is 0 Å². The molecule has 1 rings (SSSR count). The zero-order valence-corrected chi connectivity index (χ0v) is 12.9. The summed E-state index contributed by atoms with van der Waals surface area (Å²) >= 11 is 2.96. The van der Waals surface area contributed by atoms with Gasteiger partial charge in [0.1, 0.15) is 0 Å². The molecule has 0 fully saturated rings. The Morgan fingerprint density at radius 2 is 2.00 bits per heavy atom. The van der Waals surface area contributed by atoms with Crippen LogP contribution in [0.4, 0.5) is 8.78 Å². The van der Waals surface area contributed by atoms with Crippen LogP contribution in [0.15, 0.2) is 27.6 Å². The number of nitrogens with zero attached hydrogens (tertiary/aromatic N) is 1. The summed E-state index contributed by atoms with van der Waals surface area (Å²) in [7, 11) is -4.32. The fraction of sp³-hybridized carbons (Fsp3) is 0.364. The van der Waals surface area contributed by atoms with Crippen molar-refractivity contribution in [2.24, 2.45) is 0 Å². The molecule has 0 saturated heterocycles. The molecule has 0 aliphatic heterocycles. The zero-order chi connectivity index (χ0) is 16.2. The normalized spacial score (nSPS) is 12.1. The molecule has 1 aromatic rings. The number of carboxylic acid groups (broad SMARTS) is 1. The van der Waals surface area contributed by atoms with Crippen molar-refractivity contribution in [1.82, 2.24) is 4.31 Å². The van der Waals surface area contributed by atoms with Crippen LogP contribution in [-0.2, 0) is 10.0 Å². The van der Waals surface area contributed by atoms with Gasteiger partial charge in [-0.15, -0.1) is 0 Å². The number of alkyl halides is 2. The first-order valence-corrected chi connectivity index (χ1v) is 7.85. The molecule has 0 saturated carbocycles. The highest BCUT2D eigenvalue weighted by molar-refractivity contribution is 9.10. The lowest BCUT2D eigenvalue weighted by Crippen LogP contribution is -2.37. The number of aromatic carboxylic acids is 1. The van der Waals surface area contributed by atoms with Gasteiger partial charge in [0.2, 0.25) is 10.0 Å². The van der Waals surface area contributed by atoms with Crippen LogP contribution < -0.4 is 0 Å². The maximum absolute atomic E-state index is 12.4. The molecule has 0 aromatic heterocycles. The van der Waals surface area contributed by atoms with Crippen LogP contribution in [0.1, 0.15) is 10.4 Å². The van der Waals surface area contributed by atoms with Gasteiger partial charge in [0.05, 0.1) is 23.6 Å². The molecule has 0 aliphatic rings. The third kappa shape index (κ3) is 4.43. The minimum Gasteiger partial charge on any atom is -0.478 e. The highest BCUT2D eigenvalue weighted by Gasteiger charge is 2.28. The average Bonchev–Trinajstić information content (AvgIpc) is 2.37. The van der Waals surface area contributed by atoms with Crippen LogP contribution in [0, 0.1) is 0 Å². The Bertz CT molecular complexity index is 623. The van der Waals surface area contributed by atoms with Gasteiger partial charge in [-0.3, -0.25) is 0 Å². The first-order chi connectivity index (χ1) is 9.70. The van der Waals surface area contributed by atoms with E-state index in [0.717, 1.165) is 12.1 Å². The molecule has 0 spiro atoms. The van der Waals surface area contributed by atoms with Crippen molar-refractivity contribution in [3.8, 4) is 0 Å². The number of carbonyl (C=O) groups is 1. The lowest BCUT2D eigenvalue weighted by molar-refractivity contribution is 0.0695. The maximum Gasteiger partial charge on any atom is 0.336 e. The summed E-state index contributed by atoms with van der Waals surface area (Å²) in [6.07, 6.45) is -2.92. The third-order valence-electron chi connectivity index (χ3n) is 2.50. The molecule has 21 heavy (non-hydrogen) atoms. The number of carboxylic acids is 1. The van der Waals surface area contributed by atoms with E-state index in [4.69, 9.17) is 10.2 Å². The number of sulfonamides is 1. The predicted octanol–water partition coefficient (Wildman–Crippen LogP) is 1.40. The van der Waals surface area contributed by atoms with Gasteiger partial charge in [-0.25, -0.2) is 22.0 Å². The van der Waals surface area contributed by atoms with Crippen LogP contribution >= 0.6 is 15.9 Å². The van der Waals surface area contributed by atoms with E-state index in [1.807, 2.05) is 0 Å². The summed E-state index contributed by atoms with van der Waals surface area (Å²) in [4.78, 5) is 10.5. The molecule has 118 valence electrons. The molecule has 10 heteroatoms. The topological polar surface area (TPSA) is 94.9 Å². The summed E-state index contributed by atoms with van der Waals surface area (Å²) in [5.41, 5.74) is -0.308. The van der Waals surface area contributed by atoms with Crippen molar-refractivity contribution < 1.29 is 32.2 Å². The smallest absolute Gasteiger partial charge is 0.336 e. The Morgan fingerprint density at radius 1 is 1.38 bits per heavy atom. The zero-order valence-electron chi connectivity index (χ0n) is 10.5. The molecular formula is C11H12BrF2NO5S. The molecule has 2 N–H and O–H groups in total. The van der Waals surface area contributed by atoms with Crippen LogP contribution in [0.5, 0.6) is 0 Å². The van der Waals surface area contributed by atoms with E-state index in [1.165, 1.54) is 6.07 Å². The van der Waals surface area contributed by atoms with E-state index in [2.05, 4.69) is 15.9 Å². The summed E-state index contributed by atoms with van der Waals surface area (Å²) in [6.45, 7) is -2.22. The van der Waals surface area contributed by atoms with Gasteiger partial charge in [-0.05, 0) is 34.1 Å². The molecule has 6 nitrogen and oxygen atoms in total. The number of halogens is 3. The first-order valence-electron chi connectivity index (χ1n) is 5.62. The van der Waals surface area contributed by atoms with Crippen LogP contribution in [0.25, 0.3) is 0 Å². The van der Waals surface area contributed by atoms with Crippen molar-refractivity contribution in [3.05, 3.63) is 28.2 Å². The summed E-state index contributed by atoms with van der Waals surface area (Å²) < 4.78 is 49.9. The highest BCUT2D eigenvalue weighted by atomic mass is 79.9. The van der Waals surface area contributed by atoms with Gasteiger partial charge in [-0.2, -0.15) is 4.31 Å². The number of rotatable bonds is 7. The highest BCUT2D eigenvalue weighted by Crippen LogP contribution is 2.23. The van der Waals surface area contributed by atoms with Crippen molar-refractivity contribution in [1.29, 1.82) is 0 Å². The fourth-order valence-corrected chi connectivity index (χ4v) is 3.40. The Balaban J connectivity index is 3.27. The number of hydrogen-bond donors (Lipinski definition) is 2. The van der Waals surface area contributed by atoms with Gasteiger partial charge in [-0.1, -0.05) is 0 Å². The lowest BCUT2D eigenvalue weighted by atomic mass is 10.2. The molecular weight excluding hydrogens is 376 g/mol. The van der Waals surface area contributed by atoms with Gasteiger partial charge < -0.3 is 10.2 Å². The van der Waals surface area contributed by atoms with E-state index < -0.39 is 47.0 Å². The molecule has 1 aromatic carbocycles. The molecule has 0 amide bonds. The second-order valence-electron chi connectivity index (χ2n) is 3.92. The minimum absolute atomic E-state index is 0.163. The molecule has 0 atom stereocenters. The Kier molecular flexibility index (Phi) is 6.20. The molecule has 0 heterocycles. The molecule has 0 unspecified atom stereocenters. The summed E-state index contributed by atoms with van der Waals surface area (Å²) in [6, 6.07) is 3.18. The van der Waals surface area contributed by atoms with Crippen molar-refractivity contribution in [3.63, 3.8) is 0 Å². The monoisotopic (exact) mass is 387 g/mol. The van der Waals surface area contributed by atoms with Crippen molar-refractivity contribution in [2.75, 3.05) is 19.7 Å². The van der Waals surface area contributed by atoms with E-state index in [-0.39, 0.29) is 10.0 Å². The van der Waals surface area contributed by atoms with Crippen LogP contribution in [0.2, 0.25) is 0 Å². The Hall–Kier alpha value is -1.10. The Labute approximate surface area is 128 Å². The molecule has 0 radical (unpaired) electrons. The fourth-order valence-electron chi connectivity index (χ4n) is 1.55. The SMILES string of the molecule is O=C(O)c1cc(S(=O)(=O)N(CCO)CC(F)F)ccc1Br. The number of benzene rings is 1. The number of aliphatic hydroxyl groups excluding tert-OH is 1. The predicted molar refractivity (Wildman–Crippen MR) is 72.9 cm³/mol. The van der Waals surface area contributed by atoms with E-state index >= 15 is 0 Å². The van der Waals surface area contributed by atoms with Gasteiger partial charge in [0.15, 0.2) is 0 Å². The quantitative estimate of drug-likeness (QED) is 0.737. The van der Waals surface area contributed by atoms with Crippen LogP contribution in [-0.4, -0.2) is 55.0 Å². The summed E-state index contributed by atoms with van der Waals surface area (Å²) in [5, 5.41) is 17.7. The molecule has 0 bridgehead atoms.